The number of hydrogen-bond acceptors (Lipinski definition) is 5. The van der Waals surface area contributed by atoms with Crippen LogP contribution in [0.25, 0.3) is 0 Å². The summed E-state index contributed by atoms with van der Waals surface area (Å²) >= 11 is 0. The molecule has 1 aromatic rings. The van der Waals surface area contributed by atoms with E-state index < -0.39 is 11.9 Å². The number of rotatable bonds is 5. The Morgan fingerprint density at radius 3 is 2.40 bits per heavy atom. The fourth-order valence-corrected chi connectivity index (χ4v) is 2.57. The van der Waals surface area contributed by atoms with Gasteiger partial charge in [0.15, 0.2) is 0 Å². The molecule has 2 N–H and O–H groups in total. The number of carbonyl (C=O) groups is 2. The van der Waals surface area contributed by atoms with Crippen molar-refractivity contribution in [1.29, 1.82) is 0 Å². The zero-order chi connectivity index (χ0) is 18.6. The maximum atomic E-state index is 12.1. The molecule has 1 fully saturated rings. The first kappa shape index (κ1) is 19.0. The van der Waals surface area contributed by atoms with Crippen molar-refractivity contribution in [2.24, 2.45) is 5.92 Å². The highest BCUT2D eigenvalue weighted by Crippen LogP contribution is 2.18. The molecule has 0 bridgehead atoms. The molecule has 138 valence electrons. The van der Waals surface area contributed by atoms with Crippen molar-refractivity contribution in [3.05, 3.63) is 17.6 Å². The lowest BCUT2D eigenvalue weighted by Gasteiger charge is -2.35. The van der Waals surface area contributed by atoms with Crippen LogP contribution in [0, 0.1) is 12.8 Å². The highest BCUT2D eigenvalue weighted by atomic mass is 16.4. The zero-order valence-electron chi connectivity index (χ0n) is 15.3. The van der Waals surface area contributed by atoms with Gasteiger partial charge in [-0.3, -0.25) is 4.79 Å². The Bertz CT molecular complexity index is 627. The average molecular weight is 349 g/mol. The van der Waals surface area contributed by atoms with Gasteiger partial charge in [-0.2, -0.15) is 0 Å². The molecule has 8 nitrogen and oxygen atoms in total. The number of nitrogens with zero attached hydrogens (tertiary/aromatic N) is 4. The number of carboxylic acids is 1. The van der Waals surface area contributed by atoms with Crippen LogP contribution in [0.15, 0.2) is 6.07 Å². The molecule has 8 heteroatoms. The van der Waals surface area contributed by atoms with Gasteiger partial charge in [-0.05, 0) is 6.92 Å². The van der Waals surface area contributed by atoms with Gasteiger partial charge < -0.3 is 20.2 Å². The highest BCUT2D eigenvalue weighted by Gasteiger charge is 2.23. The van der Waals surface area contributed by atoms with Crippen LogP contribution in [-0.2, 0) is 4.79 Å². The molecular formula is C17H27N5O3. The third kappa shape index (κ3) is 5.04. The number of aliphatic carboxylic acids is 1. The second-order valence-corrected chi connectivity index (χ2v) is 6.78. The molecular weight excluding hydrogens is 322 g/mol. The van der Waals surface area contributed by atoms with Gasteiger partial charge in [0.2, 0.25) is 0 Å². The molecule has 2 amide bonds. The molecule has 1 atom stereocenters. The maximum absolute atomic E-state index is 12.1. The first-order valence-electron chi connectivity index (χ1n) is 8.64. The zero-order valence-corrected chi connectivity index (χ0v) is 15.3. The monoisotopic (exact) mass is 349 g/mol. The molecule has 0 saturated carbocycles. The molecule has 1 saturated heterocycles. The smallest absolute Gasteiger partial charge is 0.317 e. The normalized spacial score (nSPS) is 16.0. The Morgan fingerprint density at radius 1 is 1.20 bits per heavy atom. The molecule has 0 aliphatic carbocycles. The molecule has 2 heterocycles. The van der Waals surface area contributed by atoms with Gasteiger partial charge in [-0.15, -0.1) is 0 Å². The van der Waals surface area contributed by atoms with Crippen molar-refractivity contribution in [2.75, 3.05) is 37.6 Å². The molecule has 25 heavy (non-hydrogen) atoms. The standard InChI is InChI=1S/C17H27N5O3/c1-11(2)15-19-13(4)9-14(20-15)21-5-7-22(8-6-21)17(25)18-10-12(3)16(23)24/h9,11-12H,5-8,10H2,1-4H3,(H,18,25)(H,23,24). The highest BCUT2D eigenvalue weighted by molar-refractivity contribution is 5.76. The van der Waals surface area contributed by atoms with Crippen molar-refractivity contribution < 1.29 is 14.7 Å². The van der Waals surface area contributed by atoms with Gasteiger partial charge in [-0.25, -0.2) is 14.8 Å². The van der Waals surface area contributed by atoms with Crippen molar-refractivity contribution in [3.63, 3.8) is 0 Å². The molecule has 1 aromatic heterocycles. The average Bonchev–Trinajstić information content (AvgIpc) is 2.58. The first-order valence-corrected chi connectivity index (χ1v) is 8.64. The van der Waals surface area contributed by atoms with Gasteiger partial charge in [0, 0.05) is 50.4 Å². The molecule has 0 aromatic carbocycles. The quantitative estimate of drug-likeness (QED) is 0.835. The summed E-state index contributed by atoms with van der Waals surface area (Å²) in [6, 6.07) is 1.75. The van der Waals surface area contributed by atoms with E-state index in [-0.39, 0.29) is 18.5 Å². The molecule has 1 aliphatic rings. The van der Waals surface area contributed by atoms with Gasteiger partial charge in [-0.1, -0.05) is 20.8 Å². The fourth-order valence-electron chi connectivity index (χ4n) is 2.57. The van der Waals surface area contributed by atoms with Gasteiger partial charge in [0.05, 0.1) is 5.92 Å². The summed E-state index contributed by atoms with van der Waals surface area (Å²) in [6.45, 7) is 10.3. The van der Waals surface area contributed by atoms with Crippen LogP contribution in [0.3, 0.4) is 0 Å². The summed E-state index contributed by atoms with van der Waals surface area (Å²) in [5, 5.41) is 11.5. The number of carboxylic acid groups (broad SMARTS) is 1. The summed E-state index contributed by atoms with van der Waals surface area (Å²) < 4.78 is 0. The SMILES string of the molecule is Cc1cc(N2CCN(C(=O)NCC(C)C(=O)O)CC2)nc(C(C)C)n1. The second-order valence-electron chi connectivity index (χ2n) is 6.78. The predicted octanol–water partition coefficient (Wildman–Crippen LogP) is 1.46. The number of aromatic nitrogens is 2. The number of piperazine rings is 1. The maximum Gasteiger partial charge on any atom is 0.317 e. The van der Waals surface area contributed by atoms with Crippen LogP contribution in [0.5, 0.6) is 0 Å². The number of carbonyl (C=O) groups excluding carboxylic acids is 1. The van der Waals surface area contributed by atoms with E-state index in [4.69, 9.17) is 5.11 Å². The van der Waals surface area contributed by atoms with Crippen molar-refractivity contribution in [1.82, 2.24) is 20.2 Å². The van der Waals surface area contributed by atoms with E-state index >= 15 is 0 Å². The van der Waals surface area contributed by atoms with Crippen LogP contribution in [0.2, 0.25) is 0 Å². The minimum Gasteiger partial charge on any atom is -0.481 e. The molecule has 1 unspecified atom stereocenters. The molecule has 0 spiro atoms. The van der Waals surface area contributed by atoms with E-state index in [0.29, 0.717) is 26.2 Å². The number of anilines is 1. The Balaban J connectivity index is 1.91. The third-order valence-corrected chi connectivity index (χ3v) is 4.25. The van der Waals surface area contributed by atoms with E-state index in [2.05, 4.69) is 34.0 Å². The van der Waals surface area contributed by atoms with Crippen LogP contribution < -0.4 is 10.2 Å². The lowest BCUT2D eigenvalue weighted by atomic mass is 10.2. The molecule has 1 aliphatic heterocycles. The Morgan fingerprint density at radius 2 is 1.84 bits per heavy atom. The summed E-state index contributed by atoms with van der Waals surface area (Å²) in [7, 11) is 0. The Hall–Kier alpha value is -2.38. The lowest BCUT2D eigenvalue weighted by Crippen LogP contribution is -2.52. The van der Waals surface area contributed by atoms with Crippen molar-refractivity contribution in [3.8, 4) is 0 Å². The lowest BCUT2D eigenvalue weighted by molar-refractivity contribution is -0.140. The molecule has 2 rings (SSSR count). The summed E-state index contributed by atoms with van der Waals surface area (Å²) in [5.74, 6) is 0.490. The minimum absolute atomic E-state index is 0.136. The number of nitrogens with one attached hydrogen (secondary N) is 1. The fraction of sp³-hybridized carbons (Fsp3) is 0.647. The number of aryl methyl sites for hydroxylation is 1. The van der Waals surface area contributed by atoms with Crippen LogP contribution in [0.4, 0.5) is 10.6 Å². The number of urea groups is 1. The van der Waals surface area contributed by atoms with E-state index in [1.807, 2.05) is 13.0 Å². The second kappa shape index (κ2) is 8.13. The van der Waals surface area contributed by atoms with Crippen molar-refractivity contribution >= 4 is 17.8 Å². The van der Waals surface area contributed by atoms with E-state index in [1.54, 1.807) is 11.8 Å². The van der Waals surface area contributed by atoms with Gasteiger partial charge in [0.25, 0.3) is 0 Å². The van der Waals surface area contributed by atoms with Gasteiger partial charge in [0.1, 0.15) is 11.6 Å². The number of hydrogen-bond donors (Lipinski definition) is 2. The summed E-state index contributed by atoms with van der Waals surface area (Å²) in [5.41, 5.74) is 0.941. The van der Waals surface area contributed by atoms with Crippen molar-refractivity contribution in [2.45, 2.75) is 33.6 Å². The van der Waals surface area contributed by atoms with Crippen LogP contribution >= 0.6 is 0 Å². The van der Waals surface area contributed by atoms with E-state index in [0.717, 1.165) is 17.3 Å². The number of amides is 2. The van der Waals surface area contributed by atoms with Crippen LogP contribution in [-0.4, -0.2) is 64.7 Å². The van der Waals surface area contributed by atoms with E-state index in [1.165, 1.54) is 0 Å². The minimum atomic E-state index is -0.912. The Kier molecular flexibility index (Phi) is 6.17. The largest absolute Gasteiger partial charge is 0.481 e. The van der Waals surface area contributed by atoms with Gasteiger partial charge >= 0.3 is 12.0 Å². The summed E-state index contributed by atoms with van der Waals surface area (Å²) in [4.78, 5) is 35.9. The Labute approximate surface area is 148 Å². The molecule has 0 radical (unpaired) electrons. The topological polar surface area (TPSA) is 98.7 Å². The first-order chi connectivity index (χ1) is 11.8. The van der Waals surface area contributed by atoms with Crippen LogP contribution in [0.1, 0.15) is 38.2 Å². The third-order valence-electron chi connectivity index (χ3n) is 4.25. The van der Waals surface area contributed by atoms with E-state index in [9.17, 15) is 9.59 Å². The predicted molar refractivity (Wildman–Crippen MR) is 94.8 cm³/mol. The summed E-state index contributed by atoms with van der Waals surface area (Å²) in [6.07, 6.45) is 0.